The minimum Gasteiger partial charge on any atom is -0.295 e. The minimum absolute atomic E-state index is 0.00841. The van der Waals surface area contributed by atoms with Crippen LogP contribution < -0.4 is 4.90 Å². The molecule has 0 bridgehead atoms. The summed E-state index contributed by atoms with van der Waals surface area (Å²) in [6.07, 6.45) is 1.84. The number of carbonyl (C=O) groups excluding carboxylic acids is 2. The van der Waals surface area contributed by atoms with Crippen molar-refractivity contribution in [2.24, 2.45) is 0 Å². The summed E-state index contributed by atoms with van der Waals surface area (Å²) in [7, 11) is 0. The van der Waals surface area contributed by atoms with Gasteiger partial charge < -0.3 is 0 Å². The van der Waals surface area contributed by atoms with E-state index in [1.807, 2.05) is 36.4 Å². The molecule has 1 fully saturated rings. The maximum Gasteiger partial charge on any atom is 0.270 e. The van der Waals surface area contributed by atoms with E-state index in [0.29, 0.717) is 20.5 Å². The lowest BCUT2D eigenvalue weighted by Crippen LogP contribution is -2.27. The van der Waals surface area contributed by atoms with Crippen molar-refractivity contribution < 1.29 is 9.59 Å². The van der Waals surface area contributed by atoms with E-state index in [9.17, 15) is 9.59 Å². The van der Waals surface area contributed by atoms with Crippen LogP contribution in [0, 0.1) is 0 Å². The summed E-state index contributed by atoms with van der Waals surface area (Å²) in [4.78, 5) is 26.1. The molecule has 1 heterocycles. The largest absolute Gasteiger partial charge is 0.295 e. The van der Waals surface area contributed by atoms with Crippen LogP contribution in [0.2, 0.25) is 0 Å². The van der Waals surface area contributed by atoms with Gasteiger partial charge in [-0.1, -0.05) is 54.3 Å². The number of thioether (sulfide) groups is 1. The number of hydrogen-bond donors (Lipinski definition) is 0. The van der Waals surface area contributed by atoms with E-state index >= 15 is 0 Å². The molecule has 5 heteroatoms. The van der Waals surface area contributed by atoms with Crippen LogP contribution in [0.5, 0.6) is 0 Å². The fourth-order valence-corrected chi connectivity index (χ4v) is 3.54. The highest BCUT2D eigenvalue weighted by atomic mass is 32.2. The van der Waals surface area contributed by atoms with Gasteiger partial charge in [-0.3, -0.25) is 14.5 Å². The maximum absolute atomic E-state index is 12.6. The first-order valence-corrected chi connectivity index (χ1v) is 8.23. The van der Waals surface area contributed by atoms with Gasteiger partial charge in [0, 0.05) is 5.56 Å². The van der Waals surface area contributed by atoms with Crippen molar-refractivity contribution in [1.82, 2.24) is 0 Å². The first-order valence-electron chi connectivity index (χ1n) is 7.00. The lowest BCUT2D eigenvalue weighted by molar-refractivity contribution is -0.113. The third-order valence-corrected chi connectivity index (χ3v) is 4.73. The van der Waals surface area contributed by atoms with Crippen LogP contribution in [-0.4, -0.2) is 16.0 Å². The number of carbonyl (C=O) groups is 2. The lowest BCUT2D eigenvalue weighted by atomic mass is 10.1. The number of nitrogens with zero attached hydrogens (tertiary/aromatic N) is 1. The van der Waals surface area contributed by atoms with Crippen molar-refractivity contribution in [3.05, 3.63) is 70.6 Å². The third-order valence-electron chi connectivity index (χ3n) is 3.42. The molecule has 0 atom stereocenters. The Bertz CT molecular complexity index is 811. The zero-order valence-electron chi connectivity index (χ0n) is 12.4. The number of ketones is 1. The predicted molar refractivity (Wildman–Crippen MR) is 98.5 cm³/mol. The maximum atomic E-state index is 12.6. The molecule has 3 nitrogen and oxygen atoms in total. The Morgan fingerprint density at radius 2 is 1.74 bits per heavy atom. The number of Topliss-reactive ketones (excluding diaryl/α,β-unsaturated/α-hetero) is 1. The Morgan fingerprint density at radius 3 is 2.35 bits per heavy atom. The van der Waals surface area contributed by atoms with Gasteiger partial charge in [-0.2, -0.15) is 0 Å². The quantitative estimate of drug-likeness (QED) is 0.475. The fourth-order valence-electron chi connectivity index (χ4n) is 2.24. The molecule has 0 spiro atoms. The van der Waals surface area contributed by atoms with E-state index in [0.717, 1.165) is 5.56 Å². The summed E-state index contributed by atoms with van der Waals surface area (Å²) in [6, 6.07) is 16.6. The average molecular weight is 339 g/mol. The van der Waals surface area contributed by atoms with Crippen LogP contribution in [0.4, 0.5) is 5.69 Å². The Kier molecular flexibility index (Phi) is 4.41. The van der Waals surface area contributed by atoms with Crippen molar-refractivity contribution in [3.63, 3.8) is 0 Å². The number of amides is 1. The highest BCUT2D eigenvalue weighted by Gasteiger charge is 2.33. The average Bonchev–Trinajstić information content (AvgIpc) is 2.82. The highest BCUT2D eigenvalue weighted by Crippen LogP contribution is 2.36. The Balaban J connectivity index is 1.90. The summed E-state index contributed by atoms with van der Waals surface area (Å²) in [5, 5.41) is 0. The number of hydrogen-bond acceptors (Lipinski definition) is 4. The number of thiocarbonyl (C=S) groups is 1. The molecule has 0 aromatic heterocycles. The summed E-state index contributed by atoms with van der Waals surface area (Å²) < 4.78 is 0.493. The molecule has 1 aliphatic heterocycles. The molecule has 2 aromatic carbocycles. The van der Waals surface area contributed by atoms with Crippen LogP contribution in [0.1, 0.15) is 22.8 Å². The van der Waals surface area contributed by atoms with Gasteiger partial charge in [0.1, 0.15) is 0 Å². The van der Waals surface area contributed by atoms with Gasteiger partial charge >= 0.3 is 0 Å². The van der Waals surface area contributed by atoms with Crippen LogP contribution in [0.25, 0.3) is 6.08 Å². The van der Waals surface area contributed by atoms with Gasteiger partial charge in [0.2, 0.25) is 0 Å². The highest BCUT2D eigenvalue weighted by molar-refractivity contribution is 8.27. The molecule has 23 heavy (non-hydrogen) atoms. The molecule has 0 aliphatic carbocycles. The predicted octanol–water partition coefficient (Wildman–Crippen LogP) is 4.30. The van der Waals surface area contributed by atoms with E-state index in [-0.39, 0.29) is 11.7 Å². The van der Waals surface area contributed by atoms with Crippen molar-refractivity contribution in [2.45, 2.75) is 6.92 Å². The normalized spacial score (nSPS) is 16.2. The topological polar surface area (TPSA) is 37.4 Å². The lowest BCUT2D eigenvalue weighted by Gasteiger charge is -2.14. The zero-order chi connectivity index (χ0) is 16.4. The molecular weight excluding hydrogens is 326 g/mol. The second kappa shape index (κ2) is 6.48. The first kappa shape index (κ1) is 15.6. The number of rotatable bonds is 3. The van der Waals surface area contributed by atoms with Crippen LogP contribution in [0.15, 0.2) is 59.5 Å². The first-order chi connectivity index (χ1) is 11.1. The molecule has 0 N–H and O–H groups in total. The Hall–Kier alpha value is -2.24. The van der Waals surface area contributed by atoms with Crippen LogP contribution in [-0.2, 0) is 4.79 Å². The second-order valence-electron chi connectivity index (χ2n) is 5.03. The monoisotopic (exact) mass is 339 g/mol. The number of anilines is 1. The van der Waals surface area contributed by atoms with E-state index < -0.39 is 0 Å². The van der Waals surface area contributed by atoms with Crippen molar-refractivity contribution in [3.8, 4) is 0 Å². The molecule has 2 aromatic rings. The third kappa shape index (κ3) is 3.25. The van der Waals surface area contributed by atoms with Gasteiger partial charge in [-0.15, -0.1) is 0 Å². The summed E-state index contributed by atoms with van der Waals surface area (Å²) in [5.74, 6) is -0.148. The molecule has 0 unspecified atom stereocenters. The van der Waals surface area contributed by atoms with Crippen LogP contribution >= 0.6 is 24.0 Å². The molecule has 3 rings (SSSR count). The summed E-state index contributed by atoms with van der Waals surface area (Å²) in [6.45, 7) is 1.51. The van der Waals surface area contributed by atoms with E-state index in [1.54, 1.807) is 24.3 Å². The van der Waals surface area contributed by atoms with E-state index in [4.69, 9.17) is 12.2 Å². The van der Waals surface area contributed by atoms with Gasteiger partial charge in [0.25, 0.3) is 5.91 Å². The van der Waals surface area contributed by atoms with Crippen molar-refractivity contribution in [2.75, 3.05) is 4.90 Å². The summed E-state index contributed by atoms with van der Waals surface area (Å²) >= 11 is 6.62. The van der Waals surface area contributed by atoms with Gasteiger partial charge in [-0.25, -0.2) is 0 Å². The standard InChI is InChI=1S/C18H13NO2S2/c1-12(20)14-7-9-15(10-8-14)19-17(21)16(23-18(19)22)11-13-5-3-2-4-6-13/h2-11H,1H3. The molecule has 1 saturated heterocycles. The van der Waals surface area contributed by atoms with Crippen LogP contribution in [0.3, 0.4) is 0 Å². The van der Waals surface area contributed by atoms with E-state index in [2.05, 4.69) is 0 Å². The Morgan fingerprint density at radius 1 is 1.09 bits per heavy atom. The van der Waals surface area contributed by atoms with Crippen molar-refractivity contribution >= 4 is 51.8 Å². The van der Waals surface area contributed by atoms with Gasteiger partial charge in [0.15, 0.2) is 10.1 Å². The van der Waals surface area contributed by atoms with Gasteiger partial charge in [0.05, 0.1) is 10.6 Å². The molecule has 1 aliphatic rings. The minimum atomic E-state index is -0.139. The van der Waals surface area contributed by atoms with Gasteiger partial charge in [-0.05, 0) is 42.8 Å². The fraction of sp³-hybridized carbons (Fsp3) is 0.0556. The second-order valence-corrected chi connectivity index (χ2v) is 6.71. The molecule has 1 amide bonds. The molecular formula is C18H13NO2S2. The molecule has 114 valence electrons. The zero-order valence-corrected chi connectivity index (χ0v) is 14.0. The molecule has 0 radical (unpaired) electrons. The molecule has 0 saturated carbocycles. The smallest absolute Gasteiger partial charge is 0.270 e. The summed E-state index contributed by atoms with van der Waals surface area (Å²) in [5.41, 5.74) is 2.24. The SMILES string of the molecule is CC(=O)c1ccc(N2C(=O)C(=Cc3ccccc3)SC2=S)cc1. The number of benzene rings is 2. The van der Waals surface area contributed by atoms with E-state index in [1.165, 1.54) is 23.6 Å². The van der Waals surface area contributed by atoms with Crippen molar-refractivity contribution in [1.29, 1.82) is 0 Å². The Labute approximate surface area is 144 Å².